The van der Waals surface area contributed by atoms with Crippen molar-refractivity contribution in [1.82, 2.24) is 0 Å². The van der Waals surface area contributed by atoms with Gasteiger partial charge in [0.2, 0.25) is 0 Å². The maximum atomic E-state index is 5.59. The number of unbranched alkanes of at least 4 members (excludes halogenated alkanes) is 1. The lowest BCUT2D eigenvalue weighted by Crippen LogP contribution is -1.98. The average Bonchev–Trinajstić information content (AvgIpc) is 2.28. The summed E-state index contributed by atoms with van der Waals surface area (Å²) in [6.07, 6.45) is 6.75. The molecule has 0 saturated heterocycles. The molecule has 0 amide bonds. The van der Waals surface area contributed by atoms with Crippen LogP contribution in [0, 0.1) is 12.3 Å². The molecule has 4 heteroatoms. The summed E-state index contributed by atoms with van der Waals surface area (Å²) in [6.45, 7) is 0.613. The maximum absolute atomic E-state index is 5.59. The van der Waals surface area contributed by atoms with Crippen molar-refractivity contribution in [3.8, 4) is 23.8 Å². The highest BCUT2D eigenvalue weighted by molar-refractivity contribution is 9.11. The summed E-state index contributed by atoms with van der Waals surface area (Å²) in [5, 5.41) is 0. The number of terminal acetylenes is 1. The largest absolute Gasteiger partial charge is 0.496 e. The lowest BCUT2D eigenvalue weighted by Gasteiger charge is -2.10. The molecule has 16 heavy (non-hydrogen) atoms. The number of benzene rings is 1. The predicted molar refractivity (Wildman–Crippen MR) is 72.0 cm³/mol. The summed E-state index contributed by atoms with van der Waals surface area (Å²) in [7, 11) is 1.62. The topological polar surface area (TPSA) is 18.5 Å². The summed E-state index contributed by atoms with van der Waals surface area (Å²) in [4.78, 5) is 0. The third-order valence-corrected chi connectivity index (χ3v) is 3.17. The van der Waals surface area contributed by atoms with E-state index in [1.54, 1.807) is 7.11 Å². The second kappa shape index (κ2) is 6.82. The minimum Gasteiger partial charge on any atom is -0.496 e. The summed E-state index contributed by atoms with van der Waals surface area (Å²) in [5.74, 6) is 4.13. The summed E-state index contributed by atoms with van der Waals surface area (Å²) < 4.78 is 12.5. The number of methoxy groups -OCH3 is 1. The van der Waals surface area contributed by atoms with Gasteiger partial charge in [0, 0.05) is 6.42 Å². The molecule has 0 heterocycles. The molecule has 1 rings (SSSR count). The van der Waals surface area contributed by atoms with Crippen LogP contribution in [-0.2, 0) is 0 Å². The van der Waals surface area contributed by atoms with Crippen molar-refractivity contribution < 1.29 is 9.47 Å². The van der Waals surface area contributed by atoms with Crippen LogP contribution >= 0.6 is 31.9 Å². The predicted octanol–water partition coefficient (Wildman–Crippen LogP) is 4.01. The quantitative estimate of drug-likeness (QED) is 0.591. The molecule has 0 aliphatic rings. The number of rotatable bonds is 5. The van der Waals surface area contributed by atoms with Crippen LogP contribution in [0.1, 0.15) is 12.8 Å². The van der Waals surface area contributed by atoms with Gasteiger partial charge in [-0.2, -0.15) is 0 Å². The molecule has 2 nitrogen and oxygen atoms in total. The highest BCUT2D eigenvalue weighted by atomic mass is 79.9. The van der Waals surface area contributed by atoms with Gasteiger partial charge in [0.05, 0.1) is 22.7 Å². The molecule has 0 radical (unpaired) electrons. The molecule has 0 atom stereocenters. The van der Waals surface area contributed by atoms with E-state index < -0.39 is 0 Å². The van der Waals surface area contributed by atoms with E-state index in [0.717, 1.165) is 33.3 Å². The number of hydrogen-bond donors (Lipinski definition) is 0. The molecule has 86 valence electrons. The van der Waals surface area contributed by atoms with Crippen molar-refractivity contribution in [2.45, 2.75) is 12.8 Å². The Morgan fingerprint density at radius 2 is 1.88 bits per heavy atom. The molecule has 0 aliphatic carbocycles. The van der Waals surface area contributed by atoms with Gasteiger partial charge in [-0.1, -0.05) is 0 Å². The van der Waals surface area contributed by atoms with Crippen LogP contribution in [0.25, 0.3) is 0 Å². The monoisotopic (exact) mass is 346 g/mol. The Kier molecular flexibility index (Phi) is 5.72. The standard InChI is InChI=1S/C12H12Br2O2/c1-3-4-5-6-16-12-8-9(13)11(15-2)7-10(12)14/h1,7-8H,4-6H2,2H3. The summed E-state index contributed by atoms with van der Waals surface area (Å²) in [5.41, 5.74) is 0. The van der Waals surface area contributed by atoms with Gasteiger partial charge in [-0.25, -0.2) is 0 Å². The summed E-state index contributed by atoms with van der Waals surface area (Å²) in [6, 6.07) is 3.74. The SMILES string of the molecule is C#CCCCOc1cc(Br)c(OC)cc1Br. The van der Waals surface area contributed by atoms with Crippen LogP contribution in [-0.4, -0.2) is 13.7 Å². The fraction of sp³-hybridized carbons (Fsp3) is 0.333. The molecule has 0 fully saturated rings. The number of hydrogen-bond acceptors (Lipinski definition) is 2. The zero-order valence-electron chi connectivity index (χ0n) is 8.93. The first-order chi connectivity index (χ1) is 7.69. The first-order valence-electron chi connectivity index (χ1n) is 4.78. The minimum atomic E-state index is 0.613. The minimum absolute atomic E-state index is 0.613. The molecule has 0 aliphatic heterocycles. The van der Waals surface area contributed by atoms with E-state index in [2.05, 4.69) is 37.8 Å². The Bertz CT molecular complexity index is 397. The van der Waals surface area contributed by atoms with E-state index in [1.165, 1.54) is 0 Å². The Morgan fingerprint density at radius 3 is 2.50 bits per heavy atom. The molecule has 1 aromatic rings. The molecule has 0 saturated carbocycles. The van der Waals surface area contributed by atoms with Gasteiger partial charge in [-0.05, 0) is 50.4 Å². The maximum Gasteiger partial charge on any atom is 0.134 e. The van der Waals surface area contributed by atoms with Gasteiger partial charge in [0.15, 0.2) is 0 Å². The van der Waals surface area contributed by atoms with Crippen LogP contribution < -0.4 is 9.47 Å². The Morgan fingerprint density at radius 1 is 1.25 bits per heavy atom. The van der Waals surface area contributed by atoms with Crippen molar-refractivity contribution in [3.05, 3.63) is 21.1 Å². The average molecular weight is 348 g/mol. The molecule has 1 aromatic carbocycles. The Hall–Kier alpha value is -0.660. The first-order valence-corrected chi connectivity index (χ1v) is 6.37. The summed E-state index contributed by atoms with van der Waals surface area (Å²) >= 11 is 6.83. The second-order valence-corrected chi connectivity index (χ2v) is 4.78. The molecule has 0 spiro atoms. The van der Waals surface area contributed by atoms with Crippen LogP contribution in [0.3, 0.4) is 0 Å². The number of ether oxygens (including phenoxy) is 2. The smallest absolute Gasteiger partial charge is 0.134 e. The second-order valence-electron chi connectivity index (χ2n) is 3.07. The number of halogens is 2. The highest BCUT2D eigenvalue weighted by Gasteiger charge is 2.07. The molecular weight excluding hydrogens is 336 g/mol. The molecule has 0 unspecified atom stereocenters. The highest BCUT2D eigenvalue weighted by Crippen LogP contribution is 2.35. The van der Waals surface area contributed by atoms with Crippen LogP contribution in [0.5, 0.6) is 11.5 Å². The van der Waals surface area contributed by atoms with Gasteiger partial charge in [0.1, 0.15) is 11.5 Å². The van der Waals surface area contributed by atoms with Crippen molar-refractivity contribution in [2.75, 3.05) is 13.7 Å². The van der Waals surface area contributed by atoms with Crippen LogP contribution in [0.2, 0.25) is 0 Å². The lowest BCUT2D eigenvalue weighted by molar-refractivity contribution is 0.310. The third-order valence-electron chi connectivity index (χ3n) is 1.93. The van der Waals surface area contributed by atoms with Crippen molar-refractivity contribution in [2.24, 2.45) is 0 Å². The molecule has 0 N–H and O–H groups in total. The Balaban J connectivity index is 2.67. The van der Waals surface area contributed by atoms with Crippen molar-refractivity contribution >= 4 is 31.9 Å². The van der Waals surface area contributed by atoms with E-state index in [-0.39, 0.29) is 0 Å². The van der Waals surface area contributed by atoms with E-state index in [1.807, 2.05) is 12.1 Å². The van der Waals surface area contributed by atoms with E-state index in [0.29, 0.717) is 6.61 Å². The molecule has 0 bridgehead atoms. The normalized spacial score (nSPS) is 9.62. The fourth-order valence-electron chi connectivity index (χ4n) is 1.13. The first kappa shape index (κ1) is 13.4. The zero-order valence-corrected chi connectivity index (χ0v) is 12.1. The van der Waals surface area contributed by atoms with E-state index in [4.69, 9.17) is 15.9 Å². The van der Waals surface area contributed by atoms with Gasteiger partial charge in [-0.3, -0.25) is 0 Å². The van der Waals surface area contributed by atoms with Crippen molar-refractivity contribution in [1.29, 1.82) is 0 Å². The third kappa shape index (κ3) is 3.73. The Labute approximate surface area is 113 Å². The van der Waals surface area contributed by atoms with Crippen LogP contribution in [0.15, 0.2) is 21.1 Å². The van der Waals surface area contributed by atoms with Gasteiger partial charge >= 0.3 is 0 Å². The van der Waals surface area contributed by atoms with Crippen LogP contribution in [0.4, 0.5) is 0 Å². The van der Waals surface area contributed by atoms with E-state index in [9.17, 15) is 0 Å². The molecular formula is C12H12Br2O2. The van der Waals surface area contributed by atoms with Crippen molar-refractivity contribution in [3.63, 3.8) is 0 Å². The fourth-order valence-corrected chi connectivity index (χ4v) is 2.05. The lowest BCUT2D eigenvalue weighted by atomic mass is 10.3. The van der Waals surface area contributed by atoms with E-state index >= 15 is 0 Å². The zero-order chi connectivity index (χ0) is 12.0. The molecule has 0 aromatic heterocycles. The van der Waals surface area contributed by atoms with Gasteiger partial charge in [-0.15, -0.1) is 12.3 Å². The van der Waals surface area contributed by atoms with Gasteiger partial charge < -0.3 is 9.47 Å². The van der Waals surface area contributed by atoms with Gasteiger partial charge in [0.25, 0.3) is 0 Å².